The Labute approximate surface area is 147 Å². The fourth-order valence-electron chi connectivity index (χ4n) is 2.45. The molecule has 0 aliphatic heterocycles. The molecule has 5 nitrogen and oxygen atoms in total. The summed E-state index contributed by atoms with van der Waals surface area (Å²) in [7, 11) is 0. The number of nitrogens with one attached hydrogen (secondary N) is 2. The highest BCUT2D eigenvalue weighted by atomic mass is 16.5. The minimum atomic E-state index is -0.222. The Morgan fingerprint density at radius 3 is 2.52 bits per heavy atom. The molecule has 0 heterocycles. The summed E-state index contributed by atoms with van der Waals surface area (Å²) in [4.78, 5) is 23.7. The van der Waals surface area contributed by atoms with Crippen molar-refractivity contribution >= 4 is 17.5 Å². The van der Waals surface area contributed by atoms with Gasteiger partial charge in [0, 0.05) is 11.7 Å². The summed E-state index contributed by atoms with van der Waals surface area (Å²) < 4.78 is 5.48. The maximum atomic E-state index is 12.0. The fraction of sp³-hybridized carbons (Fsp3) is 0.300. The van der Waals surface area contributed by atoms with Crippen molar-refractivity contribution in [2.75, 3.05) is 11.9 Å². The van der Waals surface area contributed by atoms with Crippen LogP contribution in [0.15, 0.2) is 48.5 Å². The molecule has 2 aromatic carbocycles. The maximum absolute atomic E-state index is 12.0. The monoisotopic (exact) mass is 338 g/mol. The first kappa shape index (κ1) is 17.0. The molecule has 0 atom stereocenters. The van der Waals surface area contributed by atoms with E-state index in [1.54, 1.807) is 12.1 Å². The number of hydrogen-bond donors (Lipinski definition) is 2. The lowest BCUT2D eigenvalue weighted by atomic mass is 10.1. The van der Waals surface area contributed by atoms with Crippen LogP contribution in [0.25, 0.3) is 0 Å². The van der Waals surface area contributed by atoms with E-state index in [-0.39, 0.29) is 18.4 Å². The number of hydrogen-bond acceptors (Lipinski definition) is 3. The van der Waals surface area contributed by atoms with Gasteiger partial charge in [-0.25, -0.2) is 0 Å². The SMILES string of the molecule is Cc1cccc(OCC(=O)Nc2ccc(CC(=O)NC3CC3)cc2)c1. The van der Waals surface area contributed by atoms with Crippen LogP contribution < -0.4 is 15.4 Å². The van der Waals surface area contributed by atoms with Gasteiger partial charge in [0.15, 0.2) is 6.61 Å². The zero-order chi connectivity index (χ0) is 17.6. The molecule has 1 saturated carbocycles. The summed E-state index contributed by atoms with van der Waals surface area (Å²) in [5.41, 5.74) is 2.69. The molecule has 130 valence electrons. The summed E-state index contributed by atoms with van der Waals surface area (Å²) in [6, 6.07) is 15.2. The second-order valence-corrected chi connectivity index (χ2v) is 6.37. The van der Waals surface area contributed by atoms with E-state index in [0.717, 1.165) is 24.0 Å². The van der Waals surface area contributed by atoms with Gasteiger partial charge in [-0.15, -0.1) is 0 Å². The van der Waals surface area contributed by atoms with Crippen LogP contribution >= 0.6 is 0 Å². The zero-order valence-corrected chi connectivity index (χ0v) is 14.2. The molecule has 2 N–H and O–H groups in total. The Bertz CT molecular complexity index is 752. The Morgan fingerprint density at radius 1 is 1.08 bits per heavy atom. The molecule has 0 unspecified atom stereocenters. The van der Waals surface area contributed by atoms with Gasteiger partial charge in [0.1, 0.15) is 5.75 Å². The lowest BCUT2D eigenvalue weighted by Gasteiger charge is -2.09. The molecule has 25 heavy (non-hydrogen) atoms. The Hall–Kier alpha value is -2.82. The van der Waals surface area contributed by atoms with Crippen LogP contribution in [0.4, 0.5) is 5.69 Å². The first-order valence-corrected chi connectivity index (χ1v) is 8.46. The van der Waals surface area contributed by atoms with Crippen molar-refractivity contribution in [3.8, 4) is 5.75 Å². The molecule has 0 spiro atoms. The van der Waals surface area contributed by atoms with Crippen LogP contribution in [0.3, 0.4) is 0 Å². The number of carbonyl (C=O) groups is 2. The van der Waals surface area contributed by atoms with Gasteiger partial charge < -0.3 is 15.4 Å². The van der Waals surface area contributed by atoms with Crippen molar-refractivity contribution in [2.45, 2.75) is 32.2 Å². The third kappa shape index (κ3) is 5.64. The highest BCUT2D eigenvalue weighted by Crippen LogP contribution is 2.19. The number of aryl methyl sites for hydroxylation is 1. The van der Waals surface area contributed by atoms with Gasteiger partial charge in [-0.1, -0.05) is 24.3 Å². The second-order valence-electron chi connectivity index (χ2n) is 6.37. The summed E-state index contributed by atoms with van der Waals surface area (Å²) in [6.45, 7) is 1.93. The minimum absolute atomic E-state index is 0.0466. The van der Waals surface area contributed by atoms with Gasteiger partial charge in [-0.3, -0.25) is 9.59 Å². The quantitative estimate of drug-likeness (QED) is 0.816. The molecular formula is C20H22N2O3. The summed E-state index contributed by atoms with van der Waals surface area (Å²) in [6.07, 6.45) is 2.53. The molecule has 0 radical (unpaired) electrons. The van der Waals surface area contributed by atoms with Gasteiger partial charge in [-0.05, 0) is 55.2 Å². The van der Waals surface area contributed by atoms with Crippen LogP contribution in [0.2, 0.25) is 0 Å². The van der Waals surface area contributed by atoms with E-state index in [2.05, 4.69) is 10.6 Å². The number of rotatable bonds is 7. The van der Waals surface area contributed by atoms with Gasteiger partial charge >= 0.3 is 0 Å². The van der Waals surface area contributed by atoms with Gasteiger partial charge in [0.2, 0.25) is 5.91 Å². The lowest BCUT2D eigenvalue weighted by molar-refractivity contribution is -0.120. The Kier molecular flexibility index (Phi) is 5.33. The van der Waals surface area contributed by atoms with Gasteiger partial charge in [0.05, 0.1) is 6.42 Å². The van der Waals surface area contributed by atoms with Crippen molar-refractivity contribution < 1.29 is 14.3 Å². The summed E-state index contributed by atoms with van der Waals surface area (Å²) >= 11 is 0. The Morgan fingerprint density at radius 2 is 1.84 bits per heavy atom. The van der Waals surface area contributed by atoms with E-state index < -0.39 is 0 Å². The predicted molar refractivity (Wildman–Crippen MR) is 96.6 cm³/mol. The first-order valence-electron chi connectivity index (χ1n) is 8.46. The summed E-state index contributed by atoms with van der Waals surface area (Å²) in [5.74, 6) is 0.499. The van der Waals surface area contributed by atoms with Crippen molar-refractivity contribution in [3.63, 3.8) is 0 Å². The standard InChI is InChI=1S/C20H22N2O3/c1-14-3-2-4-18(11-14)25-13-20(24)22-16-7-5-15(6-8-16)12-19(23)21-17-9-10-17/h2-8,11,17H,9-10,12-13H2,1H3,(H,21,23)(H,22,24). The van der Waals surface area contributed by atoms with Crippen molar-refractivity contribution in [1.29, 1.82) is 0 Å². The highest BCUT2D eigenvalue weighted by molar-refractivity contribution is 5.92. The number of anilines is 1. The van der Waals surface area contributed by atoms with E-state index >= 15 is 0 Å². The third-order valence-corrected chi connectivity index (χ3v) is 3.90. The molecule has 5 heteroatoms. The molecule has 2 amide bonds. The molecule has 3 rings (SSSR count). The molecule has 0 saturated heterocycles. The molecule has 0 bridgehead atoms. The molecule has 1 fully saturated rings. The summed E-state index contributed by atoms with van der Waals surface area (Å²) in [5, 5.41) is 5.75. The predicted octanol–water partition coefficient (Wildman–Crippen LogP) is 2.83. The van der Waals surface area contributed by atoms with E-state index in [1.165, 1.54) is 0 Å². The fourth-order valence-corrected chi connectivity index (χ4v) is 2.45. The molecular weight excluding hydrogens is 316 g/mol. The van der Waals surface area contributed by atoms with Crippen LogP contribution in [0, 0.1) is 6.92 Å². The number of ether oxygens (including phenoxy) is 1. The van der Waals surface area contributed by atoms with E-state index in [4.69, 9.17) is 4.74 Å². The normalized spacial score (nSPS) is 13.2. The van der Waals surface area contributed by atoms with E-state index in [9.17, 15) is 9.59 Å². The van der Waals surface area contributed by atoms with E-state index in [1.807, 2.05) is 43.3 Å². The maximum Gasteiger partial charge on any atom is 0.262 e. The topological polar surface area (TPSA) is 67.4 Å². The van der Waals surface area contributed by atoms with Crippen LogP contribution in [-0.2, 0) is 16.0 Å². The molecule has 1 aliphatic rings. The second kappa shape index (κ2) is 7.83. The van der Waals surface area contributed by atoms with Gasteiger partial charge in [-0.2, -0.15) is 0 Å². The number of benzene rings is 2. The zero-order valence-electron chi connectivity index (χ0n) is 14.2. The highest BCUT2D eigenvalue weighted by Gasteiger charge is 2.22. The first-order chi connectivity index (χ1) is 12.1. The Balaban J connectivity index is 1.45. The molecule has 0 aromatic heterocycles. The third-order valence-electron chi connectivity index (χ3n) is 3.90. The van der Waals surface area contributed by atoms with E-state index in [0.29, 0.717) is 23.9 Å². The van der Waals surface area contributed by atoms with Crippen molar-refractivity contribution in [1.82, 2.24) is 5.32 Å². The van der Waals surface area contributed by atoms with Crippen molar-refractivity contribution in [2.24, 2.45) is 0 Å². The van der Waals surface area contributed by atoms with Crippen molar-refractivity contribution in [3.05, 3.63) is 59.7 Å². The molecule has 2 aromatic rings. The number of carbonyl (C=O) groups excluding carboxylic acids is 2. The van der Waals surface area contributed by atoms with Crippen LogP contribution in [0.5, 0.6) is 5.75 Å². The smallest absolute Gasteiger partial charge is 0.262 e. The van der Waals surface area contributed by atoms with Crippen LogP contribution in [0.1, 0.15) is 24.0 Å². The number of amides is 2. The largest absolute Gasteiger partial charge is 0.484 e. The average molecular weight is 338 g/mol. The van der Waals surface area contributed by atoms with Crippen LogP contribution in [-0.4, -0.2) is 24.5 Å². The lowest BCUT2D eigenvalue weighted by Crippen LogP contribution is -2.26. The average Bonchev–Trinajstić information content (AvgIpc) is 3.39. The minimum Gasteiger partial charge on any atom is -0.484 e. The molecule has 1 aliphatic carbocycles. The van der Waals surface area contributed by atoms with Gasteiger partial charge in [0.25, 0.3) is 5.91 Å².